The molecule has 2 heterocycles. The Kier molecular flexibility index (Phi) is 7.69. The monoisotopic (exact) mass is 476 g/mol. The molecule has 1 amide bonds. The largest absolute Gasteiger partial charge is 0.489 e. The van der Waals surface area contributed by atoms with Gasteiger partial charge in [-0.05, 0) is 48.9 Å². The highest BCUT2D eigenvalue weighted by atomic mass is 32.2. The third-order valence-electron chi connectivity index (χ3n) is 5.18. The van der Waals surface area contributed by atoms with Crippen LogP contribution in [-0.2, 0) is 17.9 Å². The van der Waals surface area contributed by atoms with Crippen LogP contribution in [0.25, 0.3) is 0 Å². The number of furan rings is 1. The van der Waals surface area contributed by atoms with E-state index in [4.69, 9.17) is 9.15 Å². The van der Waals surface area contributed by atoms with Gasteiger partial charge < -0.3 is 14.5 Å². The number of thioether (sulfide) groups is 1. The fourth-order valence-corrected chi connectivity index (χ4v) is 4.21. The van der Waals surface area contributed by atoms with Gasteiger partial charge in [-0.2, -0.15) is 0 Å². The van der Waals surface area contributed by atoms with Crippen LogP contribution in [0.4, 0.5) is 5.69 Å². The SMILES string of the molecule is CC(Sc1nnc(C(C)C)n1Cc1ccco1)C(=O)Nc1ccc(OCc2ccccc2)cc1. The van der Waals surface area contributed by atoms with Gasteiger partial charge in [-0.25, -0.2) is 0 Å². The van der Waals surface area contributed by atoms with Crippen LogP contribution < -0.4 is 10.1 Å². The number of nitrogens with one attached hydrogen (secondary N) is 1. The molecule has 0 aliphatic heterocycles. The highest BCUT2D eigenvalue weighted by Gasteiger charge is 2.22. The van der Waals surface area contributed by atoms with Crippen molar-refractivity contribution in [1.82, 2.24) is 14.8 Å². The number of hydrogen-bond donors (Lipinski definition) is 1. The minimum Gasteiger partial charge on any atom is -0.489 e. The Morgan fingerprint density at radius 2 is 1.79 bits per heavy atom. The Hall–Kier alpha value is -3.52. The van der Waals surface area contributed by atoms with Gasteiger partial charge in [0.25, 0.3) is 0 Å². The topological polar surface area (TPSA) is 82.2 Å². The molecule has 0 saturated heterocycles. The minimum absolute atomic E-state index is 0.110. The van der Waals surface area contributed by atoms with Crippen molar-refractivity contribution in [1.29, 1.82) is 0 Å². The Morgan fingerprint density at radius 1 is 1.03 bits per heavy atom. The van der Waals surface area contributed by atoms with Gasteiger partial charge >= 0.3 is 0 Å². The van der Waals surface area contributed by atoms with Gasteiger partial charge in [-0.1, -0.05) is 55.9 Å². The number of aromatic nitrogens is 3. The molecule has 0 saturated carbocycles. The van der Waals surface area contributed by atoms with Crippen LogP contribution >= 0.6 is 11.8 Å². The van der Waals surface area contributed by atoms with Crippen LogP contribution in [0.2, 0.25) is 0 Å². The second kappa shape index (κ2) is 11.1. The summed E-state index contributed by atoms with van der Waals surface area (Å²) in [6.45, 7) is 7.02. The summed E-state index contributed by atoms with van der Waals surface area (Å²) >= 11 is 1.38. The number of carbonyl (C=O) groups excluding carboxylic acids is 1. The molecule has 2 aromatic heterocycles. The van der Waals surface area contributed by atoms with E-state index in [9.17, 15) is 4.79 Å². The van der Waals surface area contributed by atoms with Crippen molar-refractivity contribution in [2.75, 3.05) is 5.32 Å². The van der Waals surface area contributed by atoms with Crippen LogP contribution in [0.3, 0.4) is 0 Å². The molecular formula is C26H28N4O3S. The lowest BCUT2D eigenvalue weighted by atomic mass is 10.2. The molecule has 1 unspecified atom stereocenters. The highest BCUT2D eigenvalue weighted by molar-refractivity contribution is 8.00. The quantitative estimate of drug-likeness (QED) is 0.294. The van der Waals surface area contributed by atoms with Crippen molar-refractivity contribution in [3.63, 3.8) is 0 Å². The average molecular weight is 477 g/mol. The van der Waals surface area contributed by atoms with Crippen molar-refractivity contribution >= 4 is 23.4 Å². The molecule has 176 valence electrons. The van der Waals surface area contributed by atoms with Crippen molar-refractivity contribution < 1.29 is 13.9 Å². The van der Waals surface area contributed by atoms with Crippen LogP contribution in [-0.4, -0.2) is 25.9 Å². The second-order valence-electron chi connectivity index (χ2n) is 8.21. The molecule has 0 aliphatic carbocycles. The first kappa shape index (κ1) is 23.6. The summed E-state index contributed by atoms with van der Waals surface area (Å²) in [5.41, 5.74) is 1.82. The number of hydrogen-bond acceptors (Lipinski definition) is 6. The Labute approximate surface area is 203 Å². The molecule has 7 nitrogen and oxygen atoms in total. The van der Waals surface area contributed by atoms with E-state index in [0.717, 1.165) is 22.9 Å². The summed E-state index contributed by atoms with van der Waals surface area (Å²) in [6.07, 6.45) is 1.65. The summed E-state index contributed by atoms with van der Waals surface area (Å²) in [4.78, 5) is 12.8. The summed E-state index contributed by atoms with van der Waals surface area (Å²) in [7, 11) is 0. The normalized spacial score (nSPS) is 12.0. The van der Waals surface area contributed by atoms with Crippen molar-refractivity contribution in [3.8, 4) is 5.75 Å². The van der Waals surface area contributed by atoms with Gasteiger partial charge in [0, 0.05) is 11.6 Å². The molecule has 0 aliphatic rings. The van der Waals surface area contributed by atoms with E-state index in [2.05, 4.69) is 29.4 Å². The van der Waals surface area contributed by atoms with Crippen molar-refractivity contribution in [3.05, 3.63) is 90.1 Å². The first-order valence-electron chi connectivity index (χ1n) is 11.2. The van der Waals surface area contributed by atoms with Gasteiger partial charge in [-0.15, -0.1) is 10.2 Å². The lowest BCUT2D eigenvalue weighted by molar-refractivity contribution is -0.115. The van der Waals surface area contributed by atoms with E-state index in [-0.39, 0.29) is 17.1 Å². The predicted molar refractivity (Wildman–Crippen MR) is 133 cm³/mol. The van der Waals surface area contributed by atoms with Crippen LogP contribution in [0.5, 0.6) is 5.75 Å². The number of carbonyl (C=O) groups is 1. The minimum atomic E-state index is -0.367. The first-order chi connectivity index (χ1) is 16.5. The lowest BCUT2D eigenvalue weighted by Gasteiger charge is -2.14. The molecule has 34 heavy (non-hydrogen) atoms. The number of nitrogens with zero attached hydrogens (tertiary/aromatic N) is 3. The molecule has 1 atom stereocenters. The van der Waals surface area contributed by atoms with Crippen molar-refractivity contribution in [2.24, 2.45) is 0 Å². The van der Waals surface area contributed by atoms with Crippen LogP contribution in [0, 0.1) is 0 Å². The van der Waals surface area contributed by atoms with Gasteiger partial charge in [0.2, 0.25) is 5.91 Å². The average Bonchev–Trinajstić information content (AvgIpc) is 3.50. The number of benzene rings is 2. The number of rotatable bonds is 10. The maximum absolute atomic E-state index is 12.8. The second-order valence-corrected chi connectivity index (χ2v) is 9.52. The Bertz CT molecular complexity index is 1190. The molecule has 0 spiro atoms. The summed E-state index contributed by atoms with van der Waals surface area (Å²) in [6, 6.07) is 21.2. The molecule has 2 aromatic carbocycles. The van der Waals surface area contributed by atoms with E-state index in [0.29, 0.717) is 24.0 Å². The fraction of sp³-hybridized carbons (Fsp3) is 0.269. The van der Waals surface area contributed by atoms with Gasteiger partial charge in [0.1, 0.15) is 23.9 Å². The lowest BCUT2D eigenvalue weighted by Crippen LogP contribution is -2.23. The van der Waals surface area contributed by atoms with E-state index in [1.54, 1.807) is 6.26 Å². The van der Waals surface area contributed by atoms with Crippen LogP contribution in [0.15, 0.2) is 82.6 Å². The van der Waals surface area contributed by atoms with E-state index >= 15 is 0 Å². The van der Waals surface area contributed by atoms with E-state index in [1.807, 2.05) is 78.2 Å². The smallest absolute Gasteiger partial charge is 0.237 e. The molecule has 0 radical (unpaired) electrons. The molecule has 0 bridgehead atoms. The molecule has 0 fully saturated rings. The zero-order chi connectivity index (χ0) is 23.9. The van der Waals surface area contributed by atoms with Crippen molar-refractivity contribution in [2.45, 2.75) is 50.2 Å². The maximum Gasteiger partial charge on any atom is 0.237 e. The van der Waals surface area contributed by atoms with E-state index in [1.165, 1.54) is 11.8 Å². The molecule has 1 N–H and O–H groups in total. The third kappa shape index (κ3) is 6.08. The number of ether oxygens (including phenoxy) is 1. The molecular weight excluding hydrogens is 448 g/mol. The zero-order valence-electron chi connectivity index (χ0n) is 19.5. The number of amides is 1. The van der Waals surface area contributed by atoms with Gasteiger partial charge in [-0.3, -0.25) is 9.36 Å². The summed E-state index contributed by atoms with van der Waals surface area (Å²) in [5.74, 6) is 2.51. The maximum atomic E-state index is 12.8. The first-order valence-corrected chi connectivity index (χ1v) is 12.1. The van der Waals surface area contributed by atoms with Gasteiger partial charge in [0.15, 0.2) is 5.16 Å². The fourth-order valence-electron chi connectivity index (χ4n) is 3.35. The van der Waals surface area contributed by atoms with Gasteiger partial charge in [0.05, 0.1) is 18.1 Å². The predicted octanol–water partition coefficient (Wildman–Crippen LogP) is 5.74. The molecule has 4 rings (SSSR count). The summed E-state index contributed by atoms with van der Waals surface area (Å²) in [5, 5.41) is 12.0. The molecule has 8 heteroatoms. The Balaban J connectivity index is 1.36. The zero-order valence-corrected chi connectivity index (χ0v) is 20.3. The standard InChI is InChI=1S/C26H28N4O3S/c1-18(2)24-28-29-26(30(24)16-23-10-7-15-32-23)34-19(3)25(31)27-21-11-13-22(14-12-21)33-17-20-8-5-4-6-9-20/h4-15,18-19H,16-17H2,1-3H3,(H,27,31). The number of anilines is 1. The van der Waals surface area contributed by atoms with E-state index < -0.39 is 0 Å². The third-order valence-corrected chi connectivity index (χ3v) is 6.26. The molecule has 4 aromatic rings. The summed E-state index contributed by atoms with van der Waals surface area (Å²) < 4.78 is 13.3. The highest BCUT2D eigenvalue weighted by Crippen LogP contribution is 2.27. The Morgan fingerprint density at radius 3 is 2.47 bits per heavy atom. The van der Waals surface area contributed by atoms with Crippen LogP contribution in [0.1, 0.15) is 43.8 Å².